The van der Waals surface area contributed by atoms with Crippen molar-refractivity contribution in [2.75, 3.05) is 0 Å². The number of carboxylic acid groups (broad SMARTS) is 2. The quantitative estimate of drug-likeness (QED) is 0.375. The van der Waals surface area contributed by atoms with Gasteiger partial charge in [-0.2, -0.15) is 0 Å². The summed E-state index contributed by atoms with van der Waals surface area (Å²) in [4.78, 5) is 8.33. The van der Waals surface area contributed by atoms with Crippen LogP contribution >= 0.6 is 0 Å². The summed E-state index contributed by atoms with van der Waals surface area (Å²) < 4.78 is 0. The van der Waals surface area contributed by atoms with Gasteiger partial charge in [-0.25, -0.2) is 0 Å². The second kappa shape index (κ2) is 24.2. The third-order valence-electron chi connectivity index (χ3n) is 0. The molecule has 0 heterocycles. The van der Waals surface area contributed by atoms with Crippen LogP contribution in [-0.4, -0.2) is 52.0 Å². The fraction of sp³-hybridized carbons (Fsp3) is 0. The van der Waals surface area contributed by atoms with Crippen LogP contribution in [0.25, 0.3) is 0 Å². The molecule has 5 radical (unpaired) electrons. The van der Waals surface area contributed by atoms with E-state index in [1.807, 2.05) is 0 Å². The van der Waals surface area contributed by atoms with Crippen molar-refractivity contribution in [3.05, 3.63) is 0 Å². The van der Waals surface area contributed by atoms with Gasteiger partial charge in [0.15, 0.2) is 0 Å². The monoisotopic (exact) mass is 192 g/mol. The second-order valence-corrected chi connectivity index (χ2v) is 0.250. The van der Waals surface area contributed by atoms with Gasteiger partial charge in [0.25, 0.3) is 0 Å². The summed E-state index contributed by atoms with van der Waals surface area (Å²) in [6, 6.07) is 0. The first kappa shape index (κ1) is 35.3. The minimum absolute atomic E-state index is 0. The molecule has 0 saturated heterocycles. The topological polar surface area (TPSA) is 93.2 Å². The third-order valence-corrected chi connectivity index (χ3v) is 0. The first-order chi connectivity index (χ1) is 1.73. The number of carbonyl (C=O) groups is 1. The first-order valence-electron chi connectivity index (χ1n) is 0.612. The molecule has 4 nitrogen and oxygen atoms in total. The molecule has 0 aromatic heterocycles. The molecule has 39 valence electrons. The van der Waals surface area contributed by atoms with Crippen LogP contribution < -0.4 is 10.2 Å². The van der Waals surface area contributed by atoms with E-state index in [4.69, 9.17) is 15.0 Å². The summed E-state index contributed by atoms with van der Waals surface area (Å²) in [7, 11) is 0. The maximum atomic E-state index is 8.33. The smallest absolute Gasteiger partial charge is 0 e. The normalized spacial score (nSPS) is 3.00. The number of hydrogen-bond acceptors (Lipinski definition) is 4. The molecule has 0 aromatic rings. The van der Waals surface area contributed by atoms with Gasteiger partial charge in [0.2, 0.25) is 0 Å². The van der Waals surface area contributed by atoms with Crippen molar-refractivity contribution in [3.8, 4) is 0 Å². The van der Waals surface area contributed by atoms with E-state index in [1.54, 1.807) is 0 Å². The van der Waals surface area contributed by atoms with Crippen molar-refractivity contribution in [2.24, 2.45) is 0 Å². The molecule has 0 aliphatic rings. The van der Waals surface area contributed by atoms with E-state index in [0.717, 1.165) is 0 Å². The van der Waals surface area contributed by atoms with E-state index in [0.29, 0.717) is 0 Å². The Morgan fingerprint density at radius 1 is 1.25 bits per heavy atom. The van der Waals surface area contributed by atoms with E-state index in [1.165, 1.54) is 0 Å². The maximum absolute atomic E-state index is 8.33. The summed E-state index contributed by atoms with van der Waals surface area (Å²) >= 11 is 0. The van der Waals surface area contributed by atoms with Crippen LogP contribution in [0, 0.1) is 0 Å². The van der Waals surface area contributed by atoms with Gasteiger partial charge < -0.3 is 20.5 Å². The fourth-order valence-corrected chi connectivity index (χ4v) is 0. The van der Waals surface area contributed by atoms with E-state index < -0.39 is 6.16 Å². The minimum atomic E-state index is -2.33. The molecule has 0 bridgehead atoms. The summed E-state index contributed by atoms with van der Waals surface area (Å²) in [5.74, 6) is 0. The molecule has 0 fully saturated rings. The molecule has 0 aromatic carbocycles. The standard InChI is InChI=1S/CH2O3.Al.Mg.H2O.Zn/c2-1(3)4;;;;/h(H2,2,3,4);;;1H2;/p-3. The molecule has 7 heteroatoms. The predicted octanol–water partition coefficient (Wildman–Crippen LogP) is -3.39. The van der Waals surface area contributed by atoms with Gasteiger partial charge in [0.1, 0.15) is 0 Å². The van der Waals surface area contributed by atoms with Crippen LogP contribution in [0.1, 0.15) is 0 Å². The predicted molar refractivity (Wildman–Crippen MR) is 18.8 cm³/mol. The van der Waals surface area contributed by atoms with Crippen LogP contribution in [0.4, 0.5) is 4.79 Å². The Morgan fingerprint density at radius 3 is 1.25 bits per heavy atom. The molecular weight excluding hydrogens is 193 g/mol. The summed E-state index contributed by atoms with van der Waals surface area (Å²) in [6.45, 7) is 0. The van der Waals surface area contributed by atoms with Crippen LogP contribution in [0.2, 0.25) is 0 Å². The molecule has 0 rings (SSSR count). The van der Waals surface area contributed by atoms with Gasteiger partial charge in [-0.3, -0.25) is 0 Å². The SMILES string of the molecule is O=C([O-])[O-].[Al].[Mg].[OH-].[Zn]. The molecule has 0 unspecified atom stereocenters. The zero-order valence-corrected chi connectivity index (χ0v) is 9.70. The molecule has 1 N–H and O–H groups in total. The van der Waals surface area contributed by atoms with E-state index in [-0.39, 0.29) is 65.4 Å². The van der Waals surface area contributed by atoms with Gasteiger partial charge in [0, 0.05) is 59.9 Å². The zero-order chi connectivity index (χ0) is 3.58. The fourth-order valence-electron chi connectivity index (χ4n) is 0. The molecule has 0 spiro atoms. The van der Waals surface area contributed by atoms with Crippen molar-refractivity contribution in [2.45, 2.75) is 0 Å². The van der Waals surface area contributed by atoms with Crippen LogP contribution in [0.15, 0.2) is 0 Å². The summed E-state index contributed by atoms with van der Waals surface area (Å²) in [6.07, 6.45) is -2.33. The van der Waals surface area contributed by atoms with Crippen LogP contribution in [-0.2, 0) is 19.5 Å². The number of hydrogen-bond donors (Lipinski definition) is 0. The zero-order valence-electron chi connectivity index (χ0n) is 4.16. The molecule has 0 aliphatic heterocycles. The van der Waals surface area contributed by atoms with Crippen LogP contribution in [0.5, 0.6) is 0 Å². The van der Waals surface area contributed by atoms with Crippen molar-refractivity contribution < 1.29 is 40.0 Å². The van der Waals surface area contributed by atoms with Crippen molar-refractivity contribution in [1.29, 1.82) is 0 Å². The number of carbonyl (C=O) groups excluding carboxylic acids is 1. The van der Waals surface area contributed by atoms with Crippen LogP contribution in [0.3, 0.4) is 0 Å². The third kappa shape index (κ3) is 204. The Hall–Kier alpha value is 1.15. The summed E-state index contributed by atoms with van der Waals surface area (Å²) in [5.41, 5.74) is 0. The molecule has 0 atom stereocenters. The Labute approximate surface area is 86.0 Å². The Bertz CT molecular complexity index is 39.0. The molecule has 0 amide bonds. The average molecular weight is 194 g/mol. The van der Waals surface area contributed by atoms with E-state index in [2.05, 4.69) is 0 Å². The summed E-state index contributed by atoms with van der Waals surface area (Å²) in [5, 5.41) is 16.7. The van der Waals surface area contributed by atoms with E-state index >= 15 is 0 Å². The second-order valence-electron chi connectivity index (χ2n) is 0.250. The minimum Gasteiger partial charge on any atom is -0.870 e. The van der Waals surface area contributed by atoms with E-state index in [9.17, 15) is 0 Å². The van der Waals surface area contributed by atoms with Gasteiger partial charge in [-0.15, -0.1) is 0 Å². The molecule has 0 saturated carbocycles. The van der Waals surface area contributed by atoms with Gasteiger partial charge >= 0.3 is 0 Å². The van der Waals surface area contributed by atoms with Crippen molar-refractivity contribution in [3.63, 3.8) is 0 Å². The Morgan fingerprint density at radius 2 is 1.25 bits per heavy atom. The van der Waals surface area contributed by atoms with Gasteiger partial charge in [-0.05, 0) is 6.16 Å². The number of rotatable bonds is 0. The van der Waals surface area contributed by atoms with Crippen molar-refractivity contribution in [1.82, 2.24) is 0 Å². The maximum Gasteiger partial charge on any atom is 0 e. The van der Waals surface area contributed by atoms with Gasteiger partial charge in [-0.1, -0.05) is 0 Å². The Balaban J connectivity index is -0.00000000750. The Kier molecular flexibility index (Phi) is 107. The molecule has 0 aliphatic carbocycles. The van der Waals surface area contributed by atoms with Crippen molar-refractivity contribution >= 4 is 46.6 Å². The molecular formula is CHAlMgO4Zn-3. The van der Waals surface area contributed by atoms with Gasteiger partial charge in [0.05, 0.1) is 0 Å². The molecule has 8 heavy (non-hydrogen) atoms. The average Bonchev–Trinajstić information content (AvgIpc) is 0.811. The largest absolute Gasteiger partial charge is 0.870 e. The first-order valence-corrected chi connectivity index (χ1v) is 0.612.